The summed E-state index contributed by atoms with van der Waals surface area (Å²) in [5.74, 6) is -0.692. The van der Waals surface area contributed by atoms with Gasteiger partial charge in [0.1, 0.15) is 5.82 Å². The molecule has 5 nitrogen and oxygen atoms in total. The Morgan fingerprint density at radius 2 is 1.89 bits per heavy atom. The molecule has 0 aliphatic heterocycles. The average Bonchev–Trinajstić information content (AvgIpc) is 3.45. The van der Waals surface area contributed by atoms with E-state index in [4.69, 9.17) is 4.42 Å². The van der Waals surface area contributed by atoms with Gasteiger partial charge in [-0.2, -0.15) is 0 Å². The number of fused-ring (bicyclic) bond motifs is 1. The van der Waals surface area contributed by atoms with Gasteiger partial charge in [-0.05, 0) is 37.5 Å². The number of hydrogen-bond acceptors (Lipinski definition) is 3. The maximum atomic E-state index is 13.9. The number of para-hydroxylation sites is 2. The molecule has 0 atom stereocenters. The van der Waals surface area contributed by atoms with Crippen LogP contribution in [-0.4, -0.2) is 21.4 Å². The number of rotatable bonds is 7. The van der Waals surface area contributed by atoms with Crippen LogP contribution in [0.5, 0.6) is 0 Å². The molecular weight excluding hydrogens is 347 g/mol. The lowest BCUT2D eigenvalue weighted by molar-refractivity contribution is -0.132. The van der Waals surface area contributed by atoms with Crippen molar-refractivity contribution >= 4 is 17.0 Å². The third-order valence-corrected chi connectivity index (χ3v) is 4.95. The Balaban J connectivity index is 1.41. The predicted molar refractivity (Wildman–Crippen MR) is 99.7 cm³/mol. The van der Waals surface area contributed by atoms with Crippen LogP contribution in [0.2, 0.25) is 0 Å². The van der Waals surface area contributed by atoms with Gasteiger partial charge in [0, 0.05) is 31.1 Å². The first-order valence-electron chi connectivity index (χ1n) is 9.25. The second kappa shape index (κ2) is 7.39. The SMILES string of the molecule is O=C(CCCn1c(=O)oc2ccccc21)N(Cc1ccccc1F)C1CC1. The van der Waals surface area contributed by atoms with Gasteiger partial charge in [0.25, 0.3) is 0 Å². The molecule has 1 aromatic heterocycles. The van der Waals surface area contributed by atoms with Gasteiger partial charge in [-0.3, -0.25) is 9.36 Å². The number of carbonyl (C=O) groups excluding carboxylic acids is 1. The maximum absolute atomic E-state index is 13.9. The van der Waals surface area contributed by atoms with E-state index in [1.54, 1.807) is 33.7 Å². The summed E-state index contributed by atoms with van der Waals surface area (Å²) in [6, 6.07) is 14.0. The molecule has 140 valence electrons. The molecule has 0 N–H and O–H groups in total. The summed E-state index contributed by atoms with van der Waals surface area (Å²) < 4.78 is 20.7. The van der Waals surface area contributed by atoms with Crippen molar-refractivity contribution < 1.29 is 13.6 Å². The fourth-order valence-corrected chi connectivity index (χ4v) is 3.37. The molecule has 1 amide bonds. The molecule has 0 bridgehead atoms. The van der Waals surface area contributed by atoms with Crippen LogP contribution in [0.4, 0.5) is 4.39 Å². The number of aryl methyl sites for hydroxylation is 1. The molecule has 0 radical (unpaired) electrons. The lowest BCUT2D eigenvalue weighted by atomic mass is 10.1. The molecule has 1 fully saturated rings. The lowest BCUT2D eigenvalue weighted by Gasteiger charge is -2.23. The van der Waals surface area contributed by atoms with Gasteiger partial charge in [-0.1, -0.05) is 30.3 Å². The minimum absolute atomic E-state index is 0.00148. The first-order chi connectivity index (χ1) is 13.1. The predicted octanol–water partition coefficient (Wildman–Crippen LogP) is 3.71. The first-order valence-corrected chi connectivity index (χ1v) is 9.25. The van der Waals surface area contributed by atoms with E-state index in [2.05, 4.69) is 0 Å². The summed E-state index contributed by atoms with van der Waals surface area (Å²) in [6.45, 7) is 0.713. The first kappa shape index (κ1) is 17.5. The van der Waals surface area contributed by atoms with E-state index in [0.29, 0.717) is 37.1 Å². The summed E-state index contributed by atoms with van der Waals surface area (Å²) >= 11 is 0. The van der Waals surface area contributed by atoms with Gasteiger partial charge in [0.15, 0.2) is 5.58 Å². The Labute approximate surface area is 156 Å². The maximum Gasteiger partial charge on any atom is 0.419 e. The third kappa shape index (κ3) is 3.79. The van der Waals surface area contributed by atoms with Crippen LogP contribution in [0, 0.1) is 5.82 Å². The highest BCUT2D eigenvalue weighted by molar-refractivity contribution is 5.77. The standard InChI is InChI=1S/C21H21FN2O3/c22-17-7-2-1-6-15(17)14-24(16-11-12-16)20(25)10-5-13-23-18-8-3-4-9-19(18)27-21(23)26/h1-4,6-9,16H,5,10-14H2. The van der Waals surface area contributed by atoms with Crippen molar-refractivity contribution in [1.29, 1.82) is 0 Å². The molecule has 1 heterocycles. The van der Waals surface area contributed by atoms with Crippen LogP contribution in [0.15, 0.2) is 57.7 Å². The topological polar surface area (TPSA) is 55.5 Å². The number of hydrogen-bond donors (Lipinski definition) is 0. The summed E-state index contributed by atoms with van der Waals surface area (Å²) in [6.07, 6.45) is 2.78. The van der Waals surface area contributed by atoms with E-state index in [9.17, 15) is 14.0 Å². The highest BCUT2D eigenvalue weighted by atomic mass is 19.1. The van der Waals surface area contributed by atoms with Gasteiger partial charge in [-0.15, -0.1) is 0 Å². The van der Waals surface area contributed by atoms with Crippen LogP contribution in [0.3, 0.4) is 0 Å². The highest BCUT2D eigenvalue weighted by Crippen LogP contribution is 2.29. The molecule has 6 heteroatoms. The molecule has 2 aromatic carbocycles. The van der Waals surface area contributed by atoms with Gasteiger partial charge in [-0.25, -0.2) is 9.18 Å². The smallest absolute Gasteiger partial charge is 0.408 e. The summed E-state index contributed by atoms with van der Waals surface area (Å²) in [5, 5.41) is 0. The quantitative estimate of drug-likeness (QED) is 0.639. The van der Waals surface area contributed by atoms with Gasteiger partial charge < -0.3 is 9.32 Å². The molecule has 4 rings (SSSR count). The minimum Gasteiger partial charge on any atom is -0.408 e. The van der Waals surface area contributed by atoms with Gasteiger partial charge in [0.05, 0.1) is 5.52 Å². The zero-order valence-electron chi connectivity index (χ0n) is 14.9. The van der Waals surface area contributed by atoms with Crippen molar-refractivity contribution in [2.45, 2.75) is 44.8 Å². The molecule has 27 heavy (non-hydrogen) atoms. The van der Waals surface area contributed by atoms with Gasteiger partial charge in [0.2, 0.25) is 5.91 Å². The lowest BCUT2D eigenvalue weighted by Crippen LogP contribution is -2.33. The van der Waals surface area contributed by atoms with Crippen LogP contribution >= 0.6 is 0 Å². The van der Waals surface area contributed by atoms with E-state index >= 15 is 0 Å². The van der Waals surface area contributed by atoms with E-state index in [-0.39, 0.29) is 17.8 Å². The van der Waals surface area contributed by atoms with Crippen LogP contribution in [0.1, 0.15) is 31.2 Å². The molecule has 1 aliphatic rings. The van der Waals surface area contributed by atoms with Crippen LogP contribution in [-0.2, 0) is 17.9 Å². The minimum atomic E-state index is -0.408. The fraction of sp³-hybridized carbons (Fsp3) is 0.333. The van der Waals surface area contributed by atoms with E-state index < -0.39 is 5.76 Å². The van der Waals surface area contributed by atoms with Crippen molar-refractivity contribution in [3.05, 3.63) is 70.5 Å². The average molecular weight is 368 g/mol. The van der Waals surface area contributed by atoms with E-state index in [1.807, 2.05) is 18.2 Å². The molecular formula is C21H21FN2O3. The Morgan fingerprint density at radius 3 is 2.67 bits per heavy atom. The van der Waals surface area contributed by atoms with Crippen molar-refractivity contribution in [3.8, 4) is 0 Å². The van der Waals surface area contributed by atoms with Crippen molar-refractivity contribution in [2.75, 3.05) is 0 Å². The van der Waals surface area contributed by atoms with E-state index in [0.717, 1.165) is 18.4 Å². The van der Waals surface area contributed by atoms with Crippen LogP contribution in [0.25, 0.3) is 11.1 Å². The largest absolute Gasteiger partial charge is 0.419 e. The van der Waals surface area contributed by atoms with Crippen molar-refractivity contribution in [1.82, 2.24) is 9.47 Å². The number of amides is 1. The number of oxazole rings is 1. The number of nitrogens with zero attached hydrogens (tertiary/aromatic N) is 2. The van der Waals surface area contributed by atoms with Crippen molar-refractivity contribution in [2.24, 2.45) is 0 Å². The number of benzene rings is 2. The second-order valence-corrected chi connectivity index (χ2v) is 6.94. The number of aromatic nitrogens is 1. The normalized spacial score (nSPS) is 13.8. The van der Waals surface area contributed by atoms with E-state index in [1.165, 1.54) is 6.07 Å². The van der Waals surface area contributed by atoms with Crippen molar-refractivity contribution in [3.63, 3.8) is 0 Å². The zero-order chi connectivity index (χ0) is 18.8. The molecule has 3 aromatic rings. The Morgan fingerprint density at radius 1 is 1.15 bits per heavy atom. The Kier molecular flexibility index (Phi) is 4.79. The third-order valence-electron chi connectivity index (χ3n) is 4.95. The zero-order valence-corrected chi connectivity index (χ0v) is 14.9. The Hall–Kier alpha value is -2.89. The van der Waals surface area contributed by atoms with Gasteiger partial charge >= 0.3 is 5.76 Å². The molecule has 0 spiro atoms. The monoisotopic (exact) mass is 368 g/mol. The Bertz CT molecular complexity index is 1020. The second-order valence-electron chi connectivity index (χ2n) is 6.94. The fourth-order valence-electron chi connectivity index (χ4n) is 3.37. The number of halogens is 1. The molecule has 0 unspecified atom stereocenters. The molecule has 0 saturated heterocycles. The summed E-state index contributed by atoms with van der Waals surface area (Å²) in [7, 11) is 0. The number of carbonyl (C=O) groups is 1. The molecule has 1 saturated carbocycles. The highest BCUT2D eigenvalue weighted by Gasteiger charge is 2.32. The summed E-state index contributed by atoms with van der Waals surface area (Å²) in [5.41, 5.74) is 1.82. The molecule has 1 aliphatic carbocycles. The summed E-state index contributed by atoms with van der Waals surface area (Å²) in [4.78, 5) is 26.5. The van der Waals surface area contributed by atoms with Crippen LogP contribution < -0.4 is 5.76 Å².